The second-order valence-electron chi connectivity index (χ2n) is 7.49. The van der Waals surface area contributed by atoms with Crippen LogP contribution in [0.25, 0.3) is 10.8 Å². The Balaban J connectivity index is 1.48. The van der Waals surface area contributed by atoms with E-state index in [0.29, 0.717) is 11.4 Å². The number of rotatable bonds is 4. The molecule has 0 bridgehead atoms. The molecular formula is C23H25N3O3S. The van der Waals surface area contributed by atoms with E-state index >= 15 is 0 Å². The fraction of sp³-hybridized carbons (Fsp3) is 0.261. The fourth-order valence-corrected chi connectivity index (χ4v) is 4.79. The lowest BCUT2D eigenvalue weighted by molar-refractivity contribution is 0.214. The lowest BCUT2D eigenvalue weighted by Gasteiger charge is -2.20. The molecule has 3 aromatic rings. The molecule has 1 aliphatic heterocycles. The summed E-state index contributed by atoms with van der Waals surface area (Å²) in [5.41, 5.74) is 1.11. The number of carbonyl (C=O) groups is 1. The minimum Gasteiger partial charge on any atom is -0.325 e. The molecule has 1 saturated heterocycles. The molecule has 156 valence electrons. The number of hydrogen-bond donors (Lipinski definition) is 2. The maximum Gasteiger partial charge on any atom is 0.321 e. The van der Waals surface area contributed by atoms with Crippen LogP contribution in [-0.2, 0) is 10.0 Å². The van der Waals surface area contributed by atoms with Crippen LogP contribution in [0.1, 0.15) is 25.7 Å². The number of anilines is 2. The predicted molar refractivity (Wildman–Crippen MR) is 120 cm³/mol. The Morgan fingerprint density at radius 3 is 2.20 bits per heavy atom. The number of hydrogen-bond acceptors (Lipinski definition) is 3. The Bertz CT molecular complexity index is 1130. The number of nitrogens with one attached hydrogen (secondary N) is 2. The monoisotopic (exact) mass is 423 g/mol. The van der Waals surface area contributed by atoms with Gasteiger partial charge in [-0.1, -0.05) is 49.2 Å². The average Bonchev–Trinajstić information content (AvgIpc) is 3.04. The first-order valence-electron chi connectivity index (χ1n) is 10.2. The van der Waals surface area contributed by atoms with E-state index in [0.717, 1.165) is 49.5 Å². The molecule has 2 amide bonds. The Morgan fingerprint density at radius 1 is 0.800 bits per heavy atom. The highest BCUT2D eigenvalue weighted by atomic mass is 32.2. The van der Waals surface area contributed by atoms with Crippen LogP contribution in [0.2, 0.25) is 0 Å². The SMILES string of the molecule is O=C(Nc1ccc(S(=O)(=O)Nc2cccc3ccccc23)cc1)N1CCCCCC1. The highest BCUT2D eigenvalue weighted by Gasteiger charge is 2.18. The summed E-state index contributed by atoms with van der Waals surface area (Å²) in [7, 11) is -3.75. The highest BCUT2D eigenvalue weighted by molar-refractivity contribution is 7.92. The van der Waals surface area contributed by atoms with Crippen LogP contribution in [0.3, 0.4) is 0 Å². The van der Waals surface area contributed by atoms with E-state index in [1.807, 2.05) is 41.3 Å². The number of likely N-dealkylation sites (tertiary alicyclic amines) is 1. The van der Waals surface area contributed by atoms with Crippen LogP contribution in [0.4, 0.5) is 16.2 Å². The summed E-state index contributed by atoms with van der Waals surface area (Å²) in [4.78, 5) is 14.4. The summed E-state index contributed by atoms with van der Waals surface area (Å²) < 4.78 is 28.4. The van der Waals surface area contributed by atoms with E-state index in [2.05, 4.69) is 10.0 Å². The Labute approximate surface area is 177 Å². The van der Waals surface area contributed by atoms with Crippen molar-refractivity contribution in [3.8, 4) is 0 Å². The van der Waals surface area contributed by atoms with Crippen LogP contribution in [0.15, 0.2) is 71.6 Å². The number of urea groups is 1. The molecule has 3 aromatic carbocycles. The molecule has 0 aliphatic carbocycles. The van der Waals surface area contributed by atoms with Gasteiger partial charge >= 0.3 is 6.03 Å². The van der Waals surface area contributed by atoms with Crippen LogP contribution >= 0.6 is 0 Å². The maximum atomic E-state index is 12.9. The lowest BCUT2D eigenvalue weighted by atomic mass is 10.1. The zero-order valence-electron chi connectivity index (χ0n) is 16.7. The number of fused-ring (bicyclic) bond motifs is 1. The fourth-order valence-electron chi connectivity index (χ4n) is 3.71. The summed E-state index contributed by atoms with van der Waals surface area (Å²) in [5, 5.41) is 4.66. The minimum absolute atomic E-state index is 0.138. The van der Waals surface area contributed by atoms with Gasteiger partial charge in [0.2, 0.25) is 0 Å². The molecule has 0 atom stereocenters. The standard InChI is InChI=1S/C23H25N3O3S/c27-23(26-16-5-1-2-6-17-26)24-19-12-14-20(15-13-19)30(28,29)25-22-11-7-9-18-8-3-4-10-21(18)22/h3-4,7-15,25H,1-2,5-6,16-17H2,(H,24,27). The molecule has 1 fully saturated rings. The molecule has 30 heavy (non-hydrogen) atoms. The number of nitrogens with zero attached hydrogens (tertiary/aromatic N) is 1. The van der Waals surface area contributed by atoms with Crippen molar-refractivity contribution in [2.45, 2.75) is 30.6 Å². The van der Waals surface area contributed by atoms with Gasteiger partial charge in [0, 0.05) is 24.2 Å². The van der Waals surface area contributed by atoms with Crippen molar-refractivity contribution in [2.75, 3.05) is 23.1 Å². The van der Waals surface area contributed by atoms with Gasteiger partial charge in [0.25, 0.3) is 10.0 Å². The van der Waals surface area contributed by atoms with Crippen LogP contribution < -0.4 is 10.0 Å². The zero-order chi connectivity index (χ0) is 21.0. The number of sulfonamides is 1. The highest BCUT2D eigenvalue weighted by Crippen LogP contribution is 2.26. The van der Waals surface area contributed by atoms with Crippen LogP contribution in [-0.4, -0.2) is 32.4 Å². The second kappa shape index (κ2) is 8.75. The minimum atomic E-state index is -3.75. The summed E-state index contributed by atoms with van der Waals surface area (Å²) in [6.07, 6.45) is 4.34. The van der Waals surface area contributed by atoms with Gasteiger partial charge in [-0.25, -0.2) is 13.2 Å². The van der Waals surface area contributed by atoms with Crippen molar-refractivity contribution in [3.05, 3.63) is 66.7 Å². The molecular weight excluding hydrogens is 398 g/mol. The van der Waals surface area contributed by atoms with Gasteiger partial charge in [-0.2, -0.15) is 0 Å². The average molecular weight is 424 g/mol. The van der Waals surface area contributed by atoms with Gasteiger partial charge in [0.05, 0.1) is 10.6 Å². The van der Waals surface area contributed by atoms with Crippen molar-refractivity contribution in [2.24, 2.45) is 0 Å². The van der Waals surface area contributed by atoms with Gasteiger partial charge in [0.1, 0.15) is 0 Å². The van der Waals surface area contributed by atoms with Crippen LogP contribution in [0.5, 0.6) is 0 Å². The second-order valence-corrected chi connectivity index (χ2v) is 9.17. The smallest absolute Gasteiger partial charge is 0.321 e. The topological polar surface area (TPSA) is 78.5 Å². The predicted octanol–water partition coefficient (Wildman–Crippen LogP) is 5.05. The Kier molecular flexibility index (Phi) is 5.90. The molecule has 7 heteroatoms. The largest absolute Gasteiger partial charge is 0.325 e. The first kappa shape index (κ1) is 20.2. The summed E-state index contributed by atoms with van der Waals surface area (Å²) in [5.74, 6) is 0. The van der Waals surface area contributed by atoms with Crippen molar-refractivity contribution < 1.29 is 13.2 Å². The van der Waals surface area contributed by atoms with E-state index in [4.69, 9.17) is 0 Å². The third kappa shape index (κ3) is 4.57. The first-order valence-corrected chi connectivity index (χ1v) is 11.7. The first-order chi connectivity index (χ1) is 14.5. The molecule has 4 rings (SSSR count). The molecule has 6 nitrogen and oxygen atoms in total. The molecule has 2 N–H and O–H groups in total. The van der Waals surface area contributed by atoms with Gasteiger partial charge in [-0.15, -0.1) is 0 Å². The van der Waals surface area contributed by atoms with Crippen molar-refractivity contribution in [1.82, 2.24) is 4.90 Å². The van der Waals surface area contributed by atoms with Crippen LogP contribution in [0, 0.1) is 0 Å². The van der Waals surface area contributed by atoms with Crippen molar-refractivity contribution in [3.63, 3.8) is 0 Å². The Morgan fingerprint density at radius 2 is 1.47 bits per heavy atom. The van der Waals surface area contributed by atoms with E-state index < -0.39 is 10.0 Å². The number of amides is 2. The third-order valence-electron chi connectivity index (χ3n) is 5.34. The molecule has 1 heterocycles. The van der Waals surface area contributed by atoms with Gasteiger partial charge in [0.15, 0.2) is 0 Å². The third-order valence-corrected chi connectivity index (χ3v) is 6.72. The molecule has 0 radical (unpaired) electrons. The van der Waals surface area contributed by atoms with Gasteiger partial charge < -0.3 is 10.2 Å². The van der Waals surface area contributed by atoms with E-state index in [9.17, 15) is 13.2 Å². The van der Waals surface area contributed by atoms with Gasteiger partial charge in [-0.05, 0) is 48.6 Å². The number of carbonyl (C=O) groups excluding carboxylic acids is 1. The van der Waals surface area contributed by atoms with Crippen molar-refractivity contribution in [1.29, 1.82) is 0 Å². The van der Waals surface area contributed by atoms with E-state index in [1.54, 1.807) is 18.2 Å². The maximum absolute atomic E-state index is 12.9. The Hall–Kier alpha value is -3.06. The number of benzene rings is 3. The van der Waals surface area contributed by atoms with E-state index in [1.165, 1.54) is 12.1 Å². The quantitative estimate of drug-likeness (QED) is 0.616. The summed E-state index contributed by atoms with van der Waals surface area (Å²) >= 11 is 0. The normalized spacial score (nSPS) is 14.9. The molecule has 0 aromatic heterocycles. The molecule has 0 unspecified atom stereocenters. The summed E-state index contributed by atoms with van der Waals surface area (Å²) in [6.45, 7) is 1.51. The van der Waals surface area contributed by atoms with E-state index in [-0.39, 0.29) is 10.9 Å². The van der Waals surface area contributed by atoms with Gasteiger partial charge in [-0.3, -0.25) is 4.72 Å². The molecule has 1 aliphatic rings. The van der Waals surface area contributed by atoms with Crippen molar-refractivity contribution >= 4 is 38.2 Å². The lowest BCUT2D eigenvalue weighted by Crippen LogP contribution is -2.35. The molecule has 0 spiro atoms. The molecule has 0 saturated carbocycles. The zero-order valence-corrected chi connectivity index (χ0v) is 17.5. The summed E-state index contributed by atoms with van der Waals surface area (Å²) in [6, 6.07) is 19.2.